The topological polar surface area (TPSA) is 48.1 Å². The minimum absolute atomic E-state index is 0.400. The van der Waals surface area contributed by atoms with Gasteiger partial charge in [-0.1, -0.05) is 15.9 Å². The Balaban J connectivity index is 2.31. The summed E-state index contributed by atoms with van der Waals surface area (Å²) in [6.45, 7) is 0.400. The first-order valence-electron chi connectivity index (χ1n) is 4.96. The maximum Gasteiger partial charge on any atom is 0.141 e. The Morgan fingerprint density at radius 3 is 2.71 bits per heavy atom. The quantitative estimate of drug-likeness (QED) is 0.907. The van der Waals surface area contributed by atoms with Crippen LogP contribution in [0.5, 0.6) is 11.5 Å². The third-order valence-electron chi connectivity index (χ3n) is 2.19. The Hall–Kier alpha value is -0.910. The fraction of sp³-hybridized carbons (Fsp3) is 0.0833. The van der Waals surface area contributed by atoms with E-state index in [1.807, 2.05) is 18.2 Å². The molecule has 17 heavy (non-hydrogen) atoms. The van der Waals surface area contributed by atoms with Crippen molar-refractivity contribution < 1.29 is 4.74 Å². The Morgan fingerprint density at radius 1 is 1.18 bits per heavy atom. The third-order valence-corrected chi connectivity index (χ3v) is 3.31. The van der Waals surface area contributed by atoms with Crippen LogP contribution in [0.3, 0.4) is 0 Å². The molecule has 5 heteroatoms. The van der Waals surface area contributed by atoms with Crippen LogP contribution in [-0.4, -0.2) is 4.98 Å². The summed E-state index contributed by atoms with van der Waals surface area (Å²) in [6.07, 6.45) is 3.39. The fourth-order valence-corrected chi connectivity index (χ4v) is 2.47. The van der Waals surface area contributed by atoms with E-state index in [0.29, 0.717) is 6.54 Å². The van der Waals surface area contributed by atoms with Crippen molar-refractivity contribution in [3.8, 4) is 11.5 Å². The zero-order valence-electron chi connectivity index (χ0n) is 8.86. The summed E-state index contributed by atoms with van der Waals surface area (Å²) in [5.41, 5.74) is 6.50. The SMILES string of the molecule is NCc1cnccc1Oc1ccc(Br)cc1Br. The van der Waals surface area contributed by atoms with Gasteiger partial charge in [-0.15, -0.1) is 0 Å². The molecule has 3 nitrogen and oxygen atoms in total. The molecule has 2 aromatic rings. The summed E-state index contributed by atoms with van der Waals surface area (Å²) in [5.74, 6) is 1.47. The minimum Gasteiger partial charge on any atom is -0.456 e. The second-order valence-corrected chi connectivity index (χ2v) is 5.13. The Kier molecular flexibility index (Phi) is 4.15. The van der Waals surface area contributed by atoms with Crippen molar-refractivity contribution in [2.24, 2.45) is 5.73 Å². The van der Waals surface area contributed by atoms with Gasteiger partial charge in [0.05, 0.1) is 4.47 Å². The molecule has 0 bridgehead atoms. The molecule has 0 radical (unpaired) electrons. The lowest BCUT2D eigenvalue weighted by atomic mass is 10.2. The largest absolute Gasteiger partial charge is 0.456 e. The van der Waals surface area contributed by atoms with E-state index in [2.05, 4.69) is 36.8 Å². The number of hydrogen-bond acceptors (Lipinski definition) is 3. The van der Waals surface area contributed by atoms with Gasteiger partial charge in [-0.3, -0.25) is 4.98 Å². The van der Waals surface area contributed by atoms with Gasteiger partial charge in [0.1, 0.15) is 11.5 Å². The summed E-state index contributed by atoms with van der Waals surface area (Å²) in [6, 6.07) is 7.54. The molecular weight excluding hydrogens is 348 g/mol. The second-order valence-electron chi connectivity index (χ2n) is 3.36. The molecule has 0 aliphatic heterocycles. The molecule has 0 amide bonds. The minimum atomic E-state index is 0.400. The molecule has 1 aromatic carbocycles. The zero-order valence-corrected chi connectivity index (χ0v) is 12.0. The lowest BCUT2D eigenvalue weighted by molar-refractivity contribution is 0.472. The van der Waals surface area contributed by atoms with Crippen molar-refractivity contribution in [1.29, 1.82) is 0 Å². The van der Waals surface area contributed by atoms with Crippen LogP contribution in [0.4, 0.5) is 0 Å². The van der Waals surface area contributed by atoms with Gasteiger partial charge in [0.25, 0.3) is 0 Å². The van der Waals surface area contributed by atoms with Gasteiger partial charge in [0.2, 0.25) is 0 Å². The van der Waals surface area contributed by atoms with E-state index in [4.69, 9.17) is 10.5 Å². The molecule has 0 spiro atoms. The van der Waals surface area contributed by atoms with E-state index in [9.17, 15) is 0 Å². The molecule has 0 aliphatic carbocycles. The van der Waals surface area contributed by atoms with E-state index in [0.717, 1.165) is 26.0 Å². The highest BCUT2D eigenvalue weighted by molar-refractivity contribution is 9.11. The van der Waals surface area contributed by atoms with Crippen LogP contribution >= 0.6 is 31.9 Å². The van der Waals surface area contributed by atoms with Crippen molar-refractivity contribution >= 4 is 31.9 Å². The number of pyridine rings is 1. The van der Waals surface area contributed by atoms with Gasteiger partial charge in [0.15, 0.2) is 0 Å². The molecule has 1 aromatic heterocycles. The number of rotatable bonds is 3. The van der Waals surface area contributed by atoms with Crippen LogP contribution in [-0.2, 0) is 6.54 Å². The predicted molar refractivity (Wildman–Crippen MR) is 74.0 cm³/mol. The normalized spacial score (nSPS) is 10.3. The molecule has 0 saturated carbocycles. The number of halogens is 2. The van der Waals surface area contributed by atoms with Crippen LogP contribution in [0.15, 0.2) is 45.6 Å². The number of benzene rings is 1. The maximum atomic E-state index is 5.80. The van der Waals surface area contributed by atoms with Crippen LogP contribution in [0.2, 0.25) is 0 Å². The highest BCUT2D eigenvalue weighted by atomic mass is 79.9. The first kappa shape index (κ1) is 12.5. The summed E-state index contributed by atoms with van der Waals surface area (Å²) in [4.78, 5) is 4.02. The van der Waals surface area contributed by atoms with Gasteiger partial charge in [-0.05, 0) is 40.2 Å². The average molecular weight is 358 g/mol. The summed E-state index contributed by atoms with van der Waals surface area (Å²) in [5, 5.41) is 0. The predicted octanol–water partition coefficient (Wildman–Crippen LogP) is 3.86. The zero-order chi connectivity index (χ0) is 12.3. The van der Waals surface area contributed by atoms with Crippen LogP contribution in [0.1, 0.15) is 5.56 Å². The number of aromatic nitrogens is 1. The molecule has 88 valence electrons. The third kappa shape index (κ3) is 3.06. The highest BCUT2D eigenvalue weighted by Crippen LogP contribution is 2.32. The average Bonchev–Trinajstić information content (AvgIpc) is 2.33. The number of ether oxygens (including phenoxy) is 1. The van der Waals surface area contributed by atoms with Crippen LogP contribution < -0.4 is 10.5 Å². The molecule has 0 unspecified atom stereocenters. The van der Waals surface area contributed by atoms with E-state index < -0.39 is 0 Å². The van der Waals surface area contributed by atoms with Gasteiger partial charge < -0.3 is 10.5 Å². The first-order valence-corrected chi connectivity index (χ1v) is 6.55. The van der Waals surface area contributed by atoms with E-state index in [-0.39, 0.29) is 0 Å². The van der Waals surface area contributed by atoms with E-state index >= 15 is 0 Å². The van der Waals surface area contributed by atoms with Crippen LogP contribution in [0, 0.1) is 0 Å². The number of nitrogens with zero attached hydrogens (tertiary/aromatic N) is 1. The summed E-state index contributed by atoms with van der Waals surface area (Å²) < 4.78 is 7.67. The van der Waals surface area contributed by atoms with E-state index in [1.165, 1.54) is 0 Å². The Morgan fingerprint density at radius 2 is 2.00 bits per heavy atom. The molecule has 2 rings (SSSR count). The lowest BCUT2D eigenvalue weighted by Gasteiger charge is -2.10. The van der Waals surface area contributed by atoms with Gasteiger partial charge in [0, 0.05) is 29.0 Å². The molecular formula is C12H10Br2N2O. The molecule has 0 atom stereocenters. The number of hydrogen-bond donors (Lipinski definition) is 1. The van der Waals surface area contributed by atoms with Crippen molar-refractivity contribution in [3.63, 3.8) is 0 Å². The summed E-state index contributed by atoms with van der Waals surface area (Å²) >= 11 is 6.84. The first-order chi connectivity index (χ1) is 8.20. The van der Waals surface area contributed by atoms with Crippen molar-refractivity contribution in [2.75, 3.05) is 0 Å². The van der Waals surface area contributed by atoms with Crippen LogP contribution in [0.25, 0.3) is 0 Å². The molecule has 0 saturated heterocycles. The Bertz CT molecular complexity index is 532. The molecule has 0 fully saturated rings. The second kappa shape index (κ2) is 5.62. The molecule has 0 aliphatic rings. The molecule has 2 N–H and O–H groups in total. The lowest BCUT2D eigenvalue weighted by Crippen LogP contribution is -2.00. The van der Waals surface area contributed by atoms with Crippen molar-refractivity contribution in [3.05, 3.63) is 51.2 Å². The van der Waals surface area contributed by atoms with Gasteiger partial charge in [-0.25, -0.2) is 0 Å². The Labute approximate surface area is 116 Å². The standard InChI is InChI=1S/C12H10Br2N2O/c13-9-1-2-12(10(14)5-9)17-11-3-4-16-7-8(11)6-15/h1-5,7H,6,15H2. The summed E-state index contributed by atoms with van der Waals surface area (Å²) in [7, 11) is 0. The van der Waals surface area contributed by atoms with Gasteiger partial charge >= 0.3 is 0 Å². The maximum absolute atomic E-state index is 5.80. The smallest absolute Gasteiger partial charge is 0.141 e. The van der Waals surface area contributed by atoms with Crippen molar-refractivity contribution in [1.82, 2.24) is 4.98 Å². The monoisotopic (exact) mass is 356 g/mol. The highest BCUT2D eigenvalue weighted by Gasteiger charge is 2.06. The van der Waals surface area contributed by atoms with E-state index in [1.54, 1.807) is 18.5 Å². The number of nitrogens with two attached hydrogens (primary N) is 1. The van der Waals surface area contributed by atoms with Gasteiger partial charge in [-0.2, -0.15) is 0 Å². The van der Waals surface area contributed by atoms with Crippen molar-refractivity contribution in [2.45, 2.75) is 6.54 Å². The fourth-order valence-electron chi connectivity index (χ4n) is 1.34. The molecule has 1 heterocycles.